The van der Waals surface area contributed by atoms with Gasteiger partial charge < -0.3 is 10.3 Å². The molecule has 0 saturated carbocycles. The van der Waals surface area contributed by atoms with Gasteiger partial charge in [-0.2, -0.15) is 5.10 Å². The molecule has 90 valence electrons. The molecule has 2 rings (SSSR count). The predicted octanol–water partition coefficient (Wildman–Crippen LogP) is 0.526. The van der Waals surface area contributed by atoms with Gasteiger partial charge in [-0.25, -0.2) is 4.98 Å². The number of nitrogens with one attached hydrogen (secondary N) is 2. The molecule has 0 aliphatic carbocycles. The smallest absolute Gasteiger partial charge is 0.244 e. The van der Waals surface area contributed by atoms with E-state index in [2.05, 4.69) is 20.4 Å². The molecule has 2 aromatic heterocycles. The predicted molar refractivity (Wildman–Crippen MR) is 62.2 cm³/mol. The first kappa shape index (κ1) is 11.4. The third-order valence-electron chi connectivity index (χ3n) is 2.55. The Hall–Kier alpha value is -2.11. The molecule has 6 heteroatoms. The highest BCUT2D eigenvalue weighted by Crippen LogP contribution is 2.02. The Balaban J connectivity index is 1.77. The largest absolute Gasteiger partial charge is 0.354 e. The molecular formula is C11H15N5O. The molecule has 1 amide bonds. The van der Waals surface area contributed by atoms with Crippen LogP contribution in [-0.4, -0.2) is 32.2 Å². The quantitative estimate of drug-likeness (QED) is 0.790. The van der Waals surface area contributed by atoms with E-state index < -0.39 is 0 Å². The minimum atomic E-state index is -0.285. The van der Waals surface area contributed by atoms with E-state index in [-0.39, 0.29) is 11.9 Å². The fourth-order valence-electron chi connectivity index (χ4n) is 1.52. The van der Waals surface area contributed by atoms with Gasteiger partial charge >= 0.3 is 0 Å². The molecule has 0 spiro atoms. The molecular weight excluding hydrogens is 218 g/mol. The fourth-order valence-corrected chi connectivity index (χ4v) is 1.52. The Kier molecular flexibility index (Phi) is 3.54. The highest BCUT2D eigenvalue weighted by atomic mass is 16.2. The number of amides is 1. The van der Waals surface area contributed by atoms with Crippen molar-refractivity contribution < 1.29 is 4.79 Å². The molecule has 0 radical (unpaired) electrons. The second kappa shape index (κ2) is 5.29. The van der Waals surface area contributed by atoms with Crippen molar-refractivity contribution in [1.29, 1.82) is 0 Å². The molecule has 6 nitrogen and oxygen atoms in total. The zero-order valence-electron chi connectivity index (χ0n) is 9.63. The lowest BCUT2D eigenvalue weighted by molar-refractivity contribution is -0.124. The normalized spacial score (nSPS) is 12.3. The van der Waals surface area contributed by atoms with Crippen LogP contribution in [0.2, 0.25) is 0 Å². The Morgan fingerprint density at radius 3 is 3.18 bits per heavy atom. The van der Waals surface area contributed by atoms with E-state index in [1.807, 2.05) is 6.92 Å². The van der Waals surface area contributed by atoms with E-state index >= 15 is 0 Å². The molecule has 0 aromatic carbocycles. The highest BCUT2D eigenvalue weighted by molar-refractivity contribution is 5.79. The molecule has 1 unspecified atom stereocenters. The lowest BCUT2D eigenvalue weighted by Gasteiger charge is -2.12. The van der Waals surface area contributed by atoms with Crippen molar-refractivity contribution in [2.75, 3.05) is 6.54 Å². The van der Waals surface area contributed by atoms with Crippen LogP contribution in [0.3, 0.4) is 0 Å². The summed E-state index contributed by atoms with van der Waals surface area (Å²) in [7, 11) is 0. The van der Waals surface area contributed by atoms with Gasteiger partial charge in [0.1, 0.15) is 6.04 Å². The molecule has 1 atom stereocenters. The van der Waals surface area contributed by atoms with Crippen LogP contribution in [0.4, 0.5) is 0 Å². The summed E-state index contributed by atoms with van der Waals surface area (Å²) in [6, 6.07) is 1.51. The minimum absolute atomic E-state index is 0.0341. The van der Waals surface area contributed by atoms with Gasteiger partial charge in [-0.3, -0.25) is 9.48 Å². The summed E-state index contributed by atoms with van der Waals surface area (Å²) in [6.45, 7) is 2.41. The first-order valence-electron chi connectivity index (χ1n) is 5.51. The number of aromatic nitrogens is 4. The third-order valence-corrected chi connectivity index (χ3v) is 2.55. The molecule has 2 aromatic rings. The number of H-pyrrole nitrogens is 1. The number of carbonyl (C=O) groups is 1. The zero-order chi connectivity index (χ0) is 12.1. The van der Waals surface area contributed by atoms with Crippen molar-refractivity contribution in [3.8, 4) is 0 Å². The third kappa shape index (κ3) is 2.93. The summed E-state index contributed by atoms with van der Waals surface area (Å²) < 4.78 is 1.63. The van der Waals surface area contributed by atoms with Crippen LogP contribution in [0, 0.1) is 0 Å². The van der Waals surface area contributed by atoms with Crippen molar-refractivity contribution in [2.24, 2.45) is 0 Å². The number of nitrogens with zero attached hydrogens (tertiary/aromatic N) is 3. The van der Waals surface area contributed by atoms with Gasteiger partial charge in [-0.15, -0.1) is 0 Å². The average molecular weight is 233 g/mol. The van der Waals surface area contributed by atoms with Crippen molar-refractivity contribution in [3.05, 3.63) is 36.7 Å². The zero-order valence-corrected chi connectivity index (χ0v) is 9.63. The van der Waals surface area contributed by atoms with E-state index in [1.165, 1.54) is 0 Å². The first-order chi connectivity index (χ1) is 8.27. The highest BCUT2D eigenvalue weighted by Gasteiger charge is 2.13. The van der Waals surface area contributed by atoms with Crippen molar-refractivity contribution in [3.63, 3.8) is 0 Å². The topological polar surface area (TPSA) is 75.6 Å². The van der Waals surface area contributed by atoms with Crippen molar-refractivity contribution >= 4 is 5.91 Å². The summed E-state index contributed by atoms with van der Waals surface area (Å²) in [5.41, 5.74) is 1.01. The SMILES string of the molecule is CC(C(=O)NCCc1cnc[nH]1)n1cccn1. The van der Waals surface area contributed by atoms with Crippen LogP contribution in [0.5, 0.6) is 0 Å². The summed E-state index contributed by atoms with van der Waals surface area (Å²) >= 11 is 0. The van der Waals surface area contributed by atoms with Gasteiger partial charge in [-0.1, -0.05) is 0 Å². The molecule has 0 aliphatic heterocycles. The molecule has 0 fully saturated rings. The van der Waals surface area contributed by atoms with Crippen LogP contribution in [0.15, 0.2) is 31.0 Å². The van der Waals surface area contributed by atoms with Crippen molar-refractivity contribution in [2.45, 2.75) is 19.4 Å². The summed E-state index contributed by atoms with van der Waals surface area (Å²) in [5.74, 6) is -0.0341. The van der Waals surface area contributed by atoms with Gasteiger partial charge in [0.25, 0.3) is 0 Å². The number of aromatic amines is 1. The molecule has 17 heavy (non-hydrogen) atoms. The van der Waals surface area contributed by atoms with E-state index in [9.17, 15) is 4.79 Å². The molecule has 2 N–H and O–H groups in total. The van der Waals surface area contributed by atoms with E-state index in [4.69, 9.17) is 0 Å². The van der Waals surface area contributed by atoms with Gasteiger partial charge in [-0.05, 0) is 13.0 Å². The van der Waals surface area contributed by atoms with Gasteiger partial charge in [0.15, 0.2) is 0 Å². The van der Waals surface area contributed by atoms with Crippen molar-refractivity contribution in [1.82, 2.24) is 25.1 Å². The Morgan fingerprint density at radius 2 is 2.53 bits per heavy atom. The van der Waals surface area contributed by atoms with Crippen LogP contribution in [0.25, 0.3) is 0 Å². The van der Waals surface area contributed by atoms with Gasteiger partial charge in [0.05, 0.1) is 6.33 Å². The lowest BCUT2D eigenvalue weighted by atomic mass is 10.3. The van der Waals surface area contributed by atoms with Crippen LogP contribution < -0.4 is 5.32 Å². The van der Waals surface area contributed by atoms with Gasteiger partial charge in [0, 0.05) is 37.3 Å². The first-order valence-corrected chi connectivity index (χ1v) is 5.51. The van der Waals surface area contributed by atoms with Crippen LogP contribution >= 0.6 is 0 Å². The number of hydrogen-bond donors (Lipinski definition) is 2. The summed E-state index contributed by atoms with van der Waals surface area (Å²) in [6.07, 6.45) is 7.57. The number of carbonyl (C=O) groups excluding carboxylic acids is 1. The van der Waals surface area contributed by atoms with Crippen LogP contribution in [-0.2, 0) is 11.2 Å². The summed E-state index contributed by atoms with van der Waals surface area (Å²) in [5, 5.41) is 6.90. The molecule has 0 saturated heterocycles. The number of rotatable bonds is 5. The Morgan fingerprint density at radius 1 is 1.65 bits per heavy atom. The molecule has 2 heterocycles. The maximum Gasteiger partial charge on any atom is 0.244 e. The Bertz CT molecular complexity index is 448. The van der Waals surface area contributed by atoms with Gasteiger partial charge in [0.2, 0.25) is 5.91 Å². The van der Waals surface area contributed by atoms with E-state index in [0.29, 0.717) is 6.54 Å². The monoisotopic (exact) mass is 233 g/mol. The Labute approximate surface area is 99.1 Å². The number of imidazole rings is 1. The average Bonchev–Trinajstić information content (AvgIpc) is 3.00. The second-order valence-electron chi connectivity index (χ2n) is 3.78. The minimum Gasteiger partial charge on any atom is -0.354 e. The molecule has 0 aliphatic rings. The van der Waals surface area contributed by atoms with Crippen LogP contribution in [0.1, 0.15) is 18.7 Å². The standard InChI is InChI=1S/C11H15N5O/c1-9(16-6-2-4-15-16)11(17)13-5-3-10-7-12-8-14-10/h2,4,6-9H,3,5H2,1H3,(H,12,14)(H,13,17). The fraction of sp³-hybridized carbons (Fsp3) is 0.364. The van der Waals surface area contributed by atoms with E-state index in [0.717, 1.165) is 12.1 Å². The maximum absolute atomic E-state index is 11.8. The van der Waals surface area contributed by atoms with E-state index in [1.54, 1.807) is 35.7 Å². The number of hydrogen-bond acceptors (Lipinski definition) is 3. The maximum atomic E-state index is 11.8. The summed E-state index contributed by atoms with van der Waals surface area (Å²) in [4.78, 5) is 18.7. The molecule has 0 bridgehead atoms. The second-order valence-corrected chi connectivity index (χ2v) is 3.78. The lowest BCUT2D eigenvalue weighted by Crippen LogP contribution is -2.32.